The summed E-state index contributed by atoms with van der Waals surface area (Å²) in [5.74, 6) is 1.40. The highest BCUT2D eigenvalue weighted by Gasteiger charge is 2.31. The number of nitrogens with one attached hydrogen (secondary N) is 1. The van der Waals surface area contributed by atoms with Gasteiger partial charge in [0.1, 0.15) is 5.82 Å². The van der Waals surface area contributed by atoms with Crippen LogP contribution in [0.4, 0.5) is 4.39 Å². The number of aromatic nitrogens is 1. The lowest BCUT2D eigenvalue weighted by Crippen LogP contribution is -2.28. The zero-order valence-corrected chi connectivity index (χ0v) is 14.9. The molecule has 27 heavy (non-hydrogen) atoms. The number of nitrogens with zero attached hydrogens (tertiary/aromatic N) is 1. The summed E-state index contributed by atoms with van der Waals surface area (Å²) in [7, 11) is 0. The van der Waals surface area contributed by atoms with Gasteiger partial charge >= 0.3 is 0 Å². The lowest BCUT2D eigenvalue weighted by molar-refractivity contribution is 0.0792. The van der Waals surface area contributed by atoms with Crippen LogP contribution in [0.2, 0.25) is 0 Å². The second-order valence-electron chi connectivity index (χ2n) is 7.16. The van der Waals surface area contributed by atoms with Crippen molar-refractivity contribution in [1.29, 1.82) is 0 Å². The minimum atomic E-state index is -0.338. The van der Waals surface area contributed by atoms with Crippen LogP contribution in [0.5, 0.6) is 11.5 Å². The first-order valence-electron chi connectivity index (χ1n) is 9.07. The van der Waals surface area contributed by atoms with E-state index in [1.165, 1.54) is 12.1 Å². The molecule has 1 fully saturated rings. The molecule has 0 saturated carbocycles. The number of aromatic amines is 1. The standard InChI is InChI=1S/C21H19FN2O3/c1-12-20(16-9-15(22)3-4-17(16)23-12)21(25)24-7-6-14(10-24)13-2-5-18-19(8-13)27-11-26-18/h2-5,8-9,14,23H,6-7,10-11H2,1H3. The third kappa shape index (κ3) is 2.63. The summed E-state index contributed by atoms with van der Waals surface area (Å²) in [6.45, 7) is 3.43. The molecule has 1 atom stereocenters. The molecule has 2 aliphatic rings. The van der Waals surface area contributed by atoms with Gasteiger partial charge in [0.05, 0.1) is 5.56 Å². The predicted molar refractivity (Wildman–Crippen MR) is 98.8 cm³/mol. The van der Waals surface area contributed by atoms with Gasteiger partial charge in [-0.3, -0.25) is 4.79 Å². The molecule has 2 aromatic carbocycles. The van der Waals surface area contributed by atoms with E-state index in [2.05, 4.69) is 4.98 Å². The van der Waals surface area contributed by atoms with Crippen molar-refractivity contribution in [2.75, 3.05) is 19.9 Å². The Bertz CT molecular complexity index is 1060. The van der Waals surface area contributed by atoms with E-state index in [0.717, 1.165) is 34.7 Å². The first-order chi connectivity index (χ1) is 13.1. The first-order valence-corrected chi connectivity index (χ1v) is 9.07. The van der Waals surface area contributed by atoms with E-state index in [4.69, 9.17) is 9.47 Å². The number of rotatable bonds is 2. The number of amides is 1. The fourth-order valence-electron chi connectivity index (χ4n) is 4.12. The predicted octanol–water partition coefficient (Wildman–Crippen LogP) is 3.97. The maximum absolute atomic E-state index is 13.7. The molecule has 1 saturated heterocycles. The molecular weight excluding hydrogens is 347 g/mol. The van der Waals surface area contributed by atoms with Crippen molar-refractivity contribution in [1.82, 2.24) is 9.88 Å². The van der Waals surface area contributed by atoms with Gasteiger partial charge in [0.15, 0.2) is 11.5 Å². The van der Waals surface area contributed by atoms with Crippen molar-refractivity contribution in [3.05, 3.63) is 59.0 Å². The zero-order valence-electron chi connectivity index (χ0n) is 14.9. The third-order valence-electron chi connectivity index (χ3n) is 5.51. The molecule has 3 heterocycles. The molecule has 3 aromatic rings. The number of ether oxygens (including phenoxy) is 2. The van der Waals surface area contributed by atoms with Gasteiger partial charge < -0.3 is 19.4 Å². The molecule has 1 N–H and O–H groups in total. The molecule has 0 aliphatic carbocycles. The maximum Gasteiger partial charge on any atom is 0.256 e. The Morgan fingerprint density at radius 1 is 1.19 bits per heavy atom. The highest BCUT2D eigenvalue weighted by atomic mass is 19.1. The van der Waals surface area contributed by atoms with E-state index < -0.39 is 0 Å². The minimum Gasteiger partial charge on any atom is -0.454 e. The average molecular weight is 366 g/mol. The number of carbonyl (C=O) groups excluding carboxylic acids is 1. The van der Waals surface area contributed by atoms with E-state index in [-0.39, 0.29) is 24.4 Å². The van der Waals surface area contributed by atoms with Crippen molar-refractivity contribution >= 4 is 16.8 Å². The van der Waals surface area contributed by atoms with Crippen LogP contribution in [0.15, 0.2) is 36.4 Å². The number of halogens is 1. The first kappa shape index (κ1) is 16.2. The second kappa shape index (κ2) is 6.01. The van der Waals surface area contributed by atoms with Crippen LogP contribution in [0.25, 0.3) is 10.9 Å². The van der Waals surface area contributed by atoms with Gasteiger partial charge in [-0.25, -0.2) is 4.39 Å². The number of hydrogen-bond acceptors (Lipinski definition) is 3. The third-order valence-corrected chi connectivity index (χ3v) is 5.51. The van der Waals surface area contributed by atoms with E-state index in [1.54, 1.807) is 6.07 Å². The van der Waals surface area contributed by atoms with E-state index in [0.29, 0.717) is 24.0 Å². The number of benzene rings is 2. The lowest BCUT2D eigenvalue weighted by atomic mass is 9.98. The minimum absolute atomic E-state index is 0.0485. The molecular formula is C21H19FN2O3. The Balaban J connectivity index is 1.41. The van der Waals surface area contributed by atoms with Gasteiger partial charge in [-0.15, -0.1) is 0 Å². The molecule has 5 rings (SSSR count). The fraction of sp³-hybridized carbons (Fsp3) is 0.286. The maximum atomic E-state index is 13.7. The summed E-state index contributed by atoms with van der Waals surface area (Å²) in [6, 6.07) is 10.5. The van der Waals surface area contributed by atoms with Crippen LogP contribution in [0.3, 0.4) is 0 Å². The Morgan fingerprint density at radius 3 is 2.93 bits per heavy atom. The van der Waals surface area contributed by atoms with E-state index in [1.807, 2.05) is 30.0 Å². The highest BCUT2D eigenvalue weighted by Crippen LogP contribution is 2.37. The second-order valence-corrected chi connectivity index (χ2v) is 7.16. The smallest absolute Gasteiger partial charge is 0.256 e. The topological polar surface area (TPSA) is 54.6 Å². The molecule has 1 unspecified atom stereocenters. The average Bonchev–Trinajstić information content (AvgIpc) is 3.38. The Labute approximate surface area is 155 Å². The van der Waals surface area contributed by atoms with Gasteiger partial charge in [-0.2, -0.15) is 0 Å². The normalized spacial score (nSPS) is 18.4. The van der Waals surface area contributed by atoms with Gasteiger partial charge in [0, 0.05) is 35.6 Å². The van der Waals surface area contributed by atoms with Crippen molar-refractivity contribution in [3.8, 4) is 11.5 Å². The van der Waals surface area contributed by atoms with Crippen LogP contribution in [0.1, 0.15) is 34.0 Å². The summed E-state index contributed by atoms with van der Waals surface area (Å²) in [5.41, 5.74) is 3.27. The van der Waals surface area contributed by atoms with Crippen LogP contribution in [-0.2, 0) is 0 Å². The SMILES string of the molecule is Cc1[nH]c2ccc(F)cc2c1C(=O)N1CCC(c2ccc3c(c2)OCO3)C1. The number of fused-ring (bicyclic) bond motifs is 2. The summed E-state index contributed by atoms with van der Waals surface area (Å²) < 4.78 is 24.5. The van der Waals surface area contributed by atoms with Crippen LogP contribution in [0, 0.1) is 12.7 Å². The molecule has 1 amide bonds. The molecule has 2 aliphatic heterocycles. The number of H-pyrrole nitrogens is 1. The Morgan fingerprint density at radius 2 is 2.04 bits per heavy atom. The molecule has 0 radical (unpaired) electrons. The van der Waals surface area contributed by atoms with Crippen LogP contribution < -0.4 is 9.47 Å². The largest absolute Gasteiger partial charge is 0.454 e. The fourth-order valence-corrected chi connectivity index (χ4v) is 4.12. The zero-order chi connectivity index (χ0) is 18.5. The molecule has 6 heteroatoms. The van der Waals surface area contributed by atoms with Crippen LogP contribution in [-0.4, -0.2) is 35.7 Å². The van der Waals surface area contributed by atoms with Crippen molar-refractivity contribution in [2.24, 2.45) is 0 Å². The van der Waals surface area contributed by atoms with Gasteiger partial charge in [0.2, 0.25) is 6.79 Å². The molecule has 0 bridgehead atoms. The van der Waals surface area contributed by atoms with Gasteiger partial charge in [-0.1, -0.05) is 6.07 Å². The number of carbonyl (C=O) groups is 1. The number of hydrogen-bond donors (Lipinski definition) is 1. The number of likely N-dealkylation sites (tertiary alicyclic amines) is 1. The summed E-state index contributed by atoms with van der Waals surface area (Å²) in [6.07, 6.45) is 0.890. The molecule has 0 spiro atoms. The highest BCUT2D eigenvalue weighted by molar-refractivity contribution is 6.08. The van der Waals surface area contributed by atoms with Crippen molar-refractivity contribution < 1.29 is 18.7 Å². The van der Waals surface area contributed by atoms with Gasteiger partial charge in [0.25, 0.3) is 5.91 Å². The van der Waals surface area contributed by atoms with E-state index >= 15 is 0 Å². The molecule has 5 nitrogen and oxygen atoms in total. The monoisotopic (exact) mass is 366 g/mol. The van der Waals surface area contributed by atoms with Crippen LogP contribution >= 0.6 is 0 Å². The summed E-state index contributed by atoms with van der Waals surface area (Å²) in [4.78, 5) is 18.2. The molecule has 138 valence electrons. The summed E-state index contributed by atoms with van der Waals surface area (Å²) >= 11 is 0. The number of aryl methyl sites for hydroxylation is 1. The molecule has 1 aromatic heterocycles. The van der Waals surface area contributed by atoms with Crippen molar-refractivity contribution in [2.45, 2.75) is 19.3 Å². The van der Waals surface area contributed by atoms with Gasteiger partial charge in [-0.05, 0) is 49.2 Å². The Kier molecular flexibility index (Phi) is 3.60. The lowest BCUT2D eigenvalue weighted by Gasteiger charge is -2.17. The summed E-state index contributed by atoms with van der Waals surface area (Å²) in [5, 5.41) is 0.643. The van der Waals surface area contributed by atoms with E-state index in [9.17, 15) is 9.18 Å². The quantitative estimate of drug-likeness (QED) is 0.747. The Hall–Kier alpha value is -3.02. The van der Waals surface area contributed by atoms with Crippen molar-refractivity contribution in [3.63, 3.8) is 0 Å².